The van der Waals surface area contributed by atoms with Crippen LogP contribution in [-0.4, -0.2) is 33.5 Å². The molecule has 3 heterocycles. The first-order valence-electron chi connectivity index (χ1n) is 8.42. The predicted molar refractivity (Wildman–Crippen MR) is 95.6 cm³/mol. The molecule has 3 rings (SSSR count). The Hall–Kier alpha value is -2.21. The number of nitrogens with one attached hydrogen (secondary N) is 1. The standard InChI is InChI=1S/C18H25N5O/c1-12-8-13(2)21-18(20-12)22-19-10-16-9-14(3)23(15(16)4)11-17-6-5-7-24-17/h8-10,17H,5-7,11H2,1-4H3,(H,20,21,22)/b19-10-/t17-/m1/s1. The third-order valence-corrected chi connectivity index (χ3v) is 4.37. The van der Waals surface area contributed by atoms with Crippen LogP contribution in [0, 0.1) is 27.7 Å². The summed E-state index contributed by atoms with van der Waals surface area (Å²) in [5, 5.41) is 4.30. The number of aromatic nitrogens is 3. The van der Waals surface area contributed by atoms with Crippen LogP contribution in [0.1, 0.15) is 41.2 Å². The molecular weight excluding hydrogens is 302 g/mol. The van der Waals surface area contributed by atoms with E-state index in [4.69, 9.17) is 4.74 Å². The van der Waals surface area contributed by atoms with Gasteiger partial charge in [0.25, 0.3) is 0 Å². The van der Waals surface area contributed by atoms with Gasteiger partial charge < -0.3 is 9.30 Å². The van der Waals surface area contributed by atoms with Crippen LogP contribution < -0.4 is 5.43 Å². The van der Waals surface area contributed by atoms with Gasteiger partial charge in [0.2, 0.25) is 5.95 Å². The molecule has 2 aromatic rings. The van der Waals surface area contributed by atoms with Gasteiger partial charge in [-0.1, -0.05) is 0 Å². The van der Waals surface area contributed by atoms with E-state index < -0.39 is 0 Å². The highest BCUT2D eigenvalue weighted by Gasteiger charge is 2.18. The Morgan fingerprint density at radius 1 is 1.25 bits per heavy atom. The third kappa shape index (κ3) is 3.82. The summed E-state index contributed by atoms with van der Waals surface area (Å²) >= 11 is 0. The third-order valence-electron chi connectivity index (χ3n) is 4.37. The minimum atomic E-state index is 0.335. The van der Waals surface area contributed by atoms with Crippen LogP contribution in [0.3, 0.4) is 0 Å². The maximum Gasteiger partial charge on any atom is 0.243 e. The minimum Gasteiger partial charge on any atom is -0.376 e. The minimum absolute atomic E-state index is 0.335. The summed E-state index contributed by atoms with van der Waals surface area (Å²) in [6.07, 6.45) is 4.47. The lowest BCUT2D eigenvalue weighted by molar-refractivity contribution is 0.0962. The van der Waals surface area contributed by atoms with Gasteiger partial charge >= 0.3 is 0 Å². The molecule has 24 heavy (non-hydrogen) atoms. The maximum absolute atomic E-state index is 5.75. The zero-order valence-corrected chi connectivity index (χ0v) is 14.8. The average molecular weight is 327 g/mol. The van der Waals surface area contributed by atoms with E-state index in [0.29, 0.717) is 12.1 Å². The van der Waals surface area contributed by atoms with E-state index in [1.165, 1.54) is 11.4 Å². The van der Waals surface area contributed by atoms with Crippen molar-refractivity contribution in [3.05, 3.63) is 40.5 Å². The Bertz CT molecular complexity index is 724. The molecule has 0 amide bonds. The molecule has 0 radical (unpaired) electrons. The Labute approximate surface area is 143 Å². The van der Waals surface area contributed by atoms with E-state index in [-0.39, 0.29) is 0 Å². The monoisotopic (exact) mass is 327 g/mol. The Morgan fingerprint density at radius 2 is 2.00 bits per heavy atom. The van der Waals surface area contributed by atoms with Gasteiger partial charge in [-0.25, -0.2) is 15.4 Å². The molecule has 1 fully saturated rings. The zero-order valence-electron chi connectivity index (χ0n) is 14.8. The first-order valence-corrected chi connectivity index (χ1v) is 8.42. The lowest BCUT2D eigenvalue weighted by atomic mass is 10.2. The summed E-state index contributed by atoms with van der Waals surface area (Å²) in [6, 6.07) is 4.09. The van der Waals surface area contributed by atoms with Crippen molar-refractivity contribution >= 4 is 12.2 Å². The molecule has 0 spiro atoms. The average Bonchev–Trinajstić information content (AvgIpc) is 3.11. The van der Waals surface area contributed by atoms with Gasteiger partial charge in [0.15, 0.2) is 0 Å². The van der Waals surface area contributed by atoms with Crippen LogP contribution >= 0.6 is 0 Å². The number of hydrazone groups is 1. The number of hydrogen-bond acceptors (Lipinski definition) is 5. The highest BCUT2D eigenvalue weighted by atomic mass is 16.5. The molecular formula is C18H25N5O. The largest absolute Gasteiger partial charge is 0.376 e. The molecule has 128 valence electrons. The molecule has 6 heteroatoms. The fourth-order valence-electron chi connectivity index (χ4n) is 3.17. The molecule has 2 aromatic heterocycles. The number of anilines is 1. The van der Waals surface area contributed by atoms with Gasteiger partial charge in [-0.05, 0) is 52.7 Å². The first-order chi connectivity index (χ1) is 11.5. The summed E-state index contributed by atoms with van der Waals surface area (Å²) < 4.78 is 8.06. The van der Waals surface area contributed by atoms with Gasteiger partial charge in [-0.3, -0.25) is 0 Å². The van der Waals surface area contributed by atoms with E-state index in [1.54, 1.807) is 0 Å². The molecule has 0 aromatic carbocycles. The van der Waals surface area contributed by atoms with Crippen molar-refractivity contribution in [3.63, 3.8) is 0 Å². The van der Waals surface area contributed by atoms with Gasteiger partial charge in [0.1, 0.15) is 0 Å². The van der Waals surface area contributed by atoms with Crippen LogP contribution in [0.4, 0.5) is 5.95 Å². The molecule has 0 bridgehead atoms. The molecule has 6 nitrogen and oxygen atoms in total. The SMILES string of the molecule is Cc1cc(C)nc(N/N=C\c2cc(C)n(C[C@H]3CCCO3)c2C)n1. The van der Waals surface area contributed by atoms with Crippen molar-refractivity contribution in [2.75, 3.05) is 12.0 Å². The van der Waals surface area contributed by atoms with Crippen LogP contribution in [0.5, 0.6) is 0 Å². The highest BCUT2D eigenvalue weighted by molar-refractivity contribution is 5.82. The normalized spacial score (nSPS) is 17.8. The molecule has 1 saturated heterocycles. The fourth-order valence-corrected chi connectivity index (χ4v) is 3.17. The number of hydrogen-bond donors (Lipinski definition) is 1. The number of nitrogens with zero attached hydrogens (tertiary/aromatic N) is 4. The Morgan fingerprint density at radius 3 is 2.67 bits per heavy atom. The van der Waals surface area contributed by atoms with Crippen LogP contribution in [-0.2, 0) is 11.3 Å². The second-order valence-electron chi connectivity index (χ2n) is 6.42. The zero-order chi connectivity index (χ0) is 17.1. The van der Waals surface area contributed by atoms with Gasteiger partial charge in [0.05, 0.1) is 12.3 Å². The van der Waals surface area contributed by atoms with Gasteiger partial charge in [-0.2, -0.15) is 5.10 Å². The molecule has 1 atom stereocenters. The quantitative estimate of drug-likeness (QED) is 0.677. The topological polar surface area (TPSA) is 64.3 Å². The van der Waals surface area contributed by atoms with E-state index in [1.807, 2.05) is 26.1 Å². The molecule has 0 aliphatic carbocycles. The molecule has 0 saturated carbocycles. The number of ether oxygens (including phenoxy) is 1. The Kier molecular flexibility index (Phi) is 4.94. The molecule has 1 aliphatic heterocycles. The van der Waals surface area contributed by atoms with Crippen LogP contribution in [0.15, 0.2) is 17.2 Å². The summed E-state index contributed by atoms with van der Waals surface area (Å²) in [7, 11) is 0. The lowest BCUT2D eigenvalue weighted by Gasteiger charge is -2.14. The van der Waals surface area contributed by atoms with Crippen molar-refractivity contribution < 1.29 is 4.74 Å². The van der Waals surface area contributed by atoms with Gasteiger partial charge in [0, 0.05) is 41.5 Å². The second-order valence-corrected chi connectivity index (χ2v) is 6.42. The predicted octanol–water partition coefficient (Wildman–Crippen LogP) is 3.14. The van der Waals surface area contributed by atoms with E-state index in [9.17, 15) is 0 Å². The van der Waals surface area contributed by atoms with Crippen molar-refractivity contribution in [1.29, 1.82) is 0 Å². The smallest absolute Gasteiger partial charge is 0.243 e. The molecule has 0 unspecified atom stereocenters. The van der Waals surface area contributed by atoms with Crippen molar-refractivity contribution in [1.82, 2.24) is 14.5 Å². The van der Waals surface area contributed by atoms with E-state index in [0.717, 1.165) is 42.9 Å². The van der Waals surface area contributed by atoms with Crippen LogP contribution in [0.25, 0.3) is 0 Å². The molecule has 1 N–H and O–H groups in total. The van der Waals surface area contributed by atoms with Gasteiger partial charge in [-0.15, -0.1) is 0 Å². The highest BCUT2D eigenvalue weighted by Crippen LogP contribution is 2.19. The van der Waals surface area contributed by atoms with Crippen molar-refractivity contribution in [3.8, 4) is 0 Å². The lowest BCUT2D eigenvalue weighted by Crippen LogP contribution is -2.16. The summed E-state index contributed by atoms with van der Waals surface area (Å²) in [5.41, 5.74) is 8.30. The maximum atomic E-state index is 5.75. The molecule has 1 aliphatic rings. The number of rotatable bonds is 5. The summed E-state index contributed by atoms with van der Waals surface area (Å²) in [4.78, 5) is 8.64. The summed E-state index contributed by atoms with van der Waals surface area (Å²) in [5.74, 6) is 0.525. The second kappa shape index (κ2) is 7.13. The number of aryl methyl sites for hydroxylation is 3. The van der Waals surface area contributed by atoms with E-state index in [2.05, 4.69) is 45.0 Å². The van der Waals surface area contributed by atoms with Crippen molar-refractivity contribution in [2.24, 2.45) is 5.10 Å². The first kappa shape index (κ1) is 16.6. The summed E-state index contributed by atoms with van der Waals surface area (Å²) in [6.45, 7) is 9.94. The van der Waals surface area contributed by atoms with E-state index >= 15 is 0 Å². The van der Waals surface area contributed by atoms with Crippen molar-refractivity contribution in [2.45, 2.75) is 53.2 Å². The Balaban J connectivity index is 1.70. The van der Waals surface area contributed by atoms with Crippen LogP contribution in [0.2, 0.25) is 0 Å². The fraction of sp³-hybridized carbons (Fsp3) is 0.500.